The second-order valence-electron chi connectivity index (χ2n) is 9.87. The number of ether oxygens (including phenoxy) is 2. The highest BCUT2D eigenvalue weighted by Gasteiger charge is 2.49. The fourth-order valence-corrected chi connectivity index (χ4v) is 6.80. The number of hydrazine groups is 2. The average Bonchev–Trinajstić information content (AvgIpc) is 3.56. The molecule has 4 N–H and O–H groups in total. The zero-order valence-corrected chi connectivity index (χ0v) is 29.1. The number of halogens is 7. The summed E-state index contributed by atoms with van der Waals surface area (Å²) in [7, 11) is 0. The lowest BCUT2D eigenvalue weighted by molar-refractivity contribution is 0.0666. The highest BCUT2D eigenvalue weighted by molar-refractivity contribution is 6.37. The van der Waals surface area contributed by atoms with Gasteiger partial charge in [-0.3, -0.25) is 14.6 Å². The van der Waals surface area contributed by atoms with E-state index in [0.717, 1.165) is 0 Å². The molecular weight excluding hydrogens is 757 g/mol. The number of rotatable bonds is 6. The topological polar surface area (TPSA) is 118 Å². The molecule has 0 aromatic heterocycles. The maximum absolute atomic E-state index is 11.8. The zero-order chi connectivity index (χ0) is 34.0. The van der Waals surface area contributed by atoms with Crippen molar-refractivity contribution in [2.45, 2.75) is 11.4 Å². The fourth-order valence-electron chi connectivity index (χ4n) is 4.93. The number of carbonyl (C=O) groups excluding carboxylic acids is 2. The highest BCUT2D eigenvalue weighted by Crippen LogP contribution is 2.48. The molecule has 246 valence electrons. The molecule has 2 fully saturated rings. The first kappa shape index (κ1) is 35.6. The molecule has 0 bridgehead atoms. The second kappa shape index (κ2) is 14.8. The lowest BCUT2D eigenvalue weighted by Gasteiger charge is -2.35. The maximum atomic E-state index is 11.8. The van der Waals surface area contributed by atoms with Crippen LogP contribution in [-0.2, 0) is 14.7 Å². The molecule has 4 aromatic rings. The number of benzene rings is 4. The van der Waals surface area contributed by atoms with Crippen LogP contribution in [0.15, 0.2) is 84.9 Å². The summed E-state index contributed by atoms with van der Waals surface area (Å²) in [4.78, 5) is 23.4. The van der Waals surface area contributed by atoms with Crippen LogP contribution in [0.25, 0.3) is 0 Å². The van der Waals surface area contributed by atoms with Gasteiger partial charge in [0.25, 0.3) is 5.18 Å². The number of hydrogen-bond acceptors (Lipinski definition) is 8. The summed E-state index contributed by atoms with van der Waals surface area (Å²) >= 11 is 43.6. The van der Waals surface area contributed by atoms with Crippen LogP contribution < -0.4 is 21.5 Å². The predicted molar refractivity (Wildman–Crippen MR) is 185 cm³/mol. The van der Waals surface area contributed by atoms with E-state index in [9.17, 15) is 9.59 Å². The molecule has 0 radical (unpaired) electrons. The third-order valence-electron chi connectivity index (χ3n) is 6.96. The van der Waals surface area contributed by atoms with Gasteiger partial charge in [0.2, 0.25) is 11.8 Å². The van der Waals surface area contributed by atoms with Crippen LogP contribution in [0.5, 0.6) is 0 Å². The SMILES string of the molecule is NC(=O)c1ccccc1C1(Cl)OCN(Cl)N1c1ccc(Cl)cc1Cl.NC(=O)c1ccccc1C1OCN(Cl)N1c1ccc(Cl)cc1Cl. The summed E-state index contributed by atoms with van der Waals surface area (Å²) in [6.45, 7) is 0.0926. The summed E-state index contributed by atoms with van der Waals surface area (Å²) in [6, 6.07) is 23.4. The van der Waals surface area contributed by atoms with E-state index in [0.29, 0.717) is 48.2 Å². The Labute approximate surface area is 304 Å². The third kappa shape index (κ3) is 7.34. The van der Waals surface area contributed by atoms with Crippen LogP contribution in [0.4, 0.5) is 11.4 Å². The summed E-state index contributed by atoms with van der Waals surface area (Å²) in [6.07, 6.45) is -0.630. The van der Waals surface area contributed by atoms with E-state index in [2.05, 4.69) is 0 Å². The Hall–Kier alpha value is -2.71. The molecule has 2 aliphatic rings. The van der Waals surface area contributed by atoms with E-state index in [1.165, 1.54) is 14.1 Å². The smallest absolute Gasteiger partial charge is 0.263 e. The van der Waals surface area contributed by atoms with E-state index in [-0.39, 0.29) is 19.0 Å². The van der Waals surface area contributed by atoms with Crippen molar-refractivity contribution >= 4 is 105 Å². The van der Waals surface area contributed by atoms with E-state index in [1.807, 2.05) is 0 Å². The van der Waals surface area contributed by atoms with Crippen LogP contribution in [0.2, 0.25) is 20.1 Å². The Balaban J connectivity index is 0.000000185. The van der Waals surface area contributed by atoms with Crippen molar-refractivity contribution in [1.82, 2.24) is 9.06 Å². The number of alkyl halides is 1. The number of anilines is 2. The number of nitrogens with two attached hydrogens (primary N) is 2. The Morgan fingerprint density at radius 2 is 1.28 bits per heavy atom. The Bertz CT molecular complexity index is 1820. The van der Waals surface area contributed by atoms with Gasteiger partial charge in [-0.2, -0.15) is 0 Å². The van der Waals surface area contributed by atoms with Crippen LogP contribution >= 0.6 is 81.6 Å². The molecule has 2 aliphatic heterocycles. The quantitative estimate of drug-likeness (QED) is 0.114. The molecule has 2 heterocycles. The van der Waals surface area contributed by atoms with Crippen LogP contribution in [0, 0.1) is 0 Å². The number of nitrogens with zero attached hydrogens (tertiary/aromatic N) is 4. The first-order valence-corrected chi connectivity index (χ1v) is 16.0. The number of amides is 2. The molecular formula is C30H23Cl7N6O4. The lowest BCUT2D eigenvalue weighted by atomic mass is 10.0. The van der Waals surface area contributed by atoms with Gasteiger partial charge in [0, 0.05) is 55.9 Å². The molecule has 2 saturated heterocycles. The van der Waals surface area contributed by atoms with E-state index >= 15 is 0 Å². The van der Waals surface area contributed by atoms with Crippen molar-refractivity contribution in [3.05, 3.63) is 127 Å². The molecule has 0 aliphatic carbocycles. The standard InChI is InChI=1S/C15H11Cl4N3O2.C15H12Cl3N3O2/c16-9-5-6-13(12(17)7-9)22-15(18,24-8-21(22)19)11-4-2-1-3-10(11)14(20)23;16-9-5-6-13(12(17)7-9)21-15(23-8-20(21)18)11-4-2-1-3-10(11)14(19)22/h1-7H,8H2,(H2,20,23);1-7,15H,8H2,(H2,19,22). The Morgan fingerprint density at radius 1 is 0.723 bits per heavy atom. The van der Waals surface area contributed by atoms with E-state index in [1.54, 1.807) is 89.9 Å². The molecule has 6 rings (SSSR count). The third-order valence-corrected chi connectivity index (χ3v) is 9.02. The largest absolute Gasteiger partial charge is 0.366 e. The molecule has 0 saturated carbocycles. The Morgan fingerprint density at radius 3 is 1.87 bits per heavy atom. The first-order valence-electron chi connectivity index (χ1n) is 13.4. The van der Waals surface area contributed by atoms with Crippen LogP contribution in [0.1, 0.15) is 38.1 Å². The fraction of sp³-hybridized carbons (Fsp3) is 0.133. The highest BCUT2D eigenvalue weighted by atomic mass is 35.5. The van der Waals surface area contributed by atoms with Gasteiger partial charge in [-0.15, -0.1) is 9.06 Å². The normalized spacial score (nSPS) is 19.9. The minimum Gasteiger partial charge on any atom is -0.366 e. The molecule has 17 heteroatoms. The molecule has 10 nitrogen and oxygen atoms in total. The summed E-state index contributed by atoms with van der Waals surface area (Å²) in [5.41, 5.74) is 13.5. The van der Waals surface area contributed by atoms with E-state index < -0.39 is 23.2 Å². The molecule has 0 spiro atoms. The maximum Gasteiger partial charge on any atom is 0.263 e. The summed E-state index contributed by atoms with van der Waals surface area (Å²) < 4.78 is 13.9. The van der Waals surface area contributed by atoms with Crippen LogP contribution in [-0.4, -0.2) is 34.3 Å². The molecule has 4 aromatic carbocycles. The van der Waals surface area contributed by atoms with Gasteiger partial charge in [0.1, 0.15) is 13.5 Å². The van der Waals surface area contributed by atoms with Crippen LogP contribution in [0.3, 0.4) is 0 Å². The average molecular weight is 780 g/mol. The van der Waals surface area contributed by atoms with Crippen molar-refractivity contribution in [1.29, 1.82) is 0 Å². The van der Waals surface area contributed by atoms with Gasteiger partial charge in [-0.05, 0) is 48.5 Å². The van der Waals surface area contributed by atoms with Gasteiger partial charge < -0.3 is 20.9 Å². The van der Waals surface area contributed by atoms with E-state index in [4.69, 9.17) is 102 Å². The van der Waals surface area contributed by atoms with Gasteiger partial charge in [0.15, 0.2) is 6.23 Å². The second-order valence-corrected chi connectivity index (χ2v) is 12.8. The van der Waals surface area contributed by atoms with Gasteiger partial charge in [0.05, 0.1) is 21.4 Å². The minimum atomic E-state index is -1.59. The van der Waals surface area contributed by atoms with Crippen molar-refractivity contribution in [3.63, 3.8) is 0 Å². The van der Waals surface area contributed by atoms with Gasteiger partial charge in [-0.25, -0.2) is 5.01 Å². The molecule has 2 unspecified atom stereocenters. The summed E-state index contributed by atoms with van der Waals surface area (Å²) in [5.74, 6) is -1.18. The van der Waals surface area contributed by atoms with Crippen molar-refractivity contribution in [2.24, 2.45) is 11.5 Å². The van der Waals surface area contributed by atoms with Gasteiger partial charge in [-0.1, -0.05) is 94.4 Å². The molecule has 2 amide bonds. The Kier molecular flexibility index (Phi) is 11.2. The lowest BCUT2D eigenvalue weighted by Crippen LogP contribution is -2.43. The monoisotopic (exact) mass is 776 g/mol. The summed E-state index contributed by atoms with van der Waals surface area (Å²) in [5, 5.41) is 3.18. The van der Waals surface area contributed by atoms with Gasteiger partial charge >= 0.3 is 0 Å². The number of hydrogen-bond donors (Lipinski definition) is 2. The van der Waals surface area contributed by atoms with Crippen molar-refractivity contribution in [2.75, 3.05) is 23.5 Å². The van der Waals surface area contributed by atoms with Crippen molar-refractivity contribution in [3.8, 4) is 0 Å². The predicted octanol–water partition coefficient (Wildman–Crippen LogP) is 8.26. The molecule has 2 atom stereocenters. The zero-order valence-electron chi connectivity index (χ0n) is 23.8. The first-order chi connectivity index (χ1) is 22.3. The molecule has 47 heavy (non-hydrogen) atoms. The number of primary amides is 2. The number of carbonyl (C=O) groups is 2. The van der Waals surface area contributed by atoms with Crippen molar-refractivity contribution < 1.29 is 19.1 Å². The minimum absolute atomic E-state index is 0.0306.